The molecule has 1 atom stereocenters. The Morgan fingerprint density at radius 1 is 0.857 bits per heavy atom. The van der Waals surface area contributed by atoms with E-state index in [-0.39, 0.29) is 5.91 Å². The van der Waals surface area contributed by atoms with Gasteiger partial charge in [-0.15, -0.1) is 23.1 Å². The van der Waals surface area contributed by atoms with E-state index < -0.39 is 5.25 Å². The zero-order chi connectivity index (χ0) is 29.3. The number of thioether (sulfide) groups is 1. The molecule has 1 unspecified atom stereocenters. The predicted octanol–water partition coefficient (Wildman–Crippen LogP) is 8.11. The van der Waals surface area contributed by atoms with Crippen molar-refractivity contribution in [3.63, 3.8) is 0 Å². The van der Waals surface area contributed by atoms with Crippen LogP contribution in [-0.2, 0) is 4.79 Å². The van der Waals surface area contributed by atoms with Crippen molar-refractivity contribution in [2.24, 2.45) is 0 Å². The third kappa shape index (κ3) is 7.47. The average Bonchev–Trinajstić information content (AvgIpc) is 3.49. The van der Waals surface area contributed by atoms with Gasteiger partial charge in [0, 0.05) is 21.5 Å². The van der Waals surface area contributed by atoms with Crippen LogP contribution in [0.25, 0.3) is 11.3 Å². The Morgan fingerprint density at radius 3 is 2.45 bits per heavy atom. The van der Waals surface area contributed by atoms with Crippen LogP contribution >= 0.6 is 35.3 Å². The van der Waals surface area contributed by atoms with Crippen LogP contribution in [0.5, 0.6) is 11.5 Å². The van der Waals surface area contributed by atoms with Crippen molar-refractivity contribution < 1.29 is 14.3 Å². The number of hydrogen-bond acceptors (Lipinski definition) is 7. The number of nitrogens with one attached hydrogen (secondary N) is 3. The van der Waals surface area contributed by atoms with Gasteiger partial charge in [-0.3, -0.25) is 4.79 Å². The van der Waals surface area contributed by atoms with Gasteiger partial charge in [0.2, 0.25) is 5.91 Å². The number of carbonyl (C=O) groups excluding carboxylic acids is 1. The Labute approximate surface area is 258 Å². The van der Waals surface area contributed by atoms with E-state index >= 15 is 0 Å². The van der Waals surface area contributed by atoms with E-state index in [0.717, 1.165) is 38.8 Å². The summed E-state index contributed by atoms with van der Waals surface area (Å²) in [4.78, 5) is 19.2. The topological polar surface area (TPSA) is 84.5 Å². The molecule has 212 valence electrons. The highest BCUT2D eigenvalue weighted by molar-refractivity contribution is 8.00. The SMILES string of the molecule is COc1cccc(-c2csc(NC(=O)C(Sc3cccc(NC(=S)Nc4ccccc4OC)c3)c3ccccc3)n2)c1. The lowest BCUT2D eigenvalue weighted by Gasteiger charge is -2.17. The third-order valence-electron chi connectivity index (χ3n) is 6.14. The summed E-state index contributed by atoms with van der Waals surface area (Å²) in [7, 11) is 3.25. The Kier molecular flexibility index (Phi) is 9.70. The first-order chi connectivity index (χ1) is 20.5. The molecule has 10 heteroatoms. The molecule has 1 heterocycles. The first-order valence-electron chi connectivity index (χ1n) is 13.0. The minimum atomic E-state index is -0.510. The number of thiazole rings is 1. The number of hydrogen-bond donors (Lipinski definition) is 3. The molecule has 5 rings (SSSR count). The Bertz CT molecular complexity index is 1680. The molecule has 0 aliphatic heterocycles. The number of anilines is 3. The predicted molar refractivity (Wildman–Crippen MR) is 177 cm³/mol. The summed E-state index contributed by atoms with van der Waals surface area (Å²) < 4.78 is 10.7. The van der Waals surface area contributed by atoms with Gasteiger partial charge in [0.1, 0.15) is 16.7 Å². The van der Waals surface area contributed by atoms with Crippen LogP contribution in [0.1, 0.15) is 10.8 Å². The van der Waals surface area contributed by atoms with Gasteiger partial charge in [0.15, 0.2) is 10.2 Å². The van der Waals surface area contributed by atoms with Crippen molar-refractivity contribution in [2.45, 2.75) is 10.1 Å². The lowest BCUT2D eigenvalue weighted by molar-refractivity contribution is -0.115. The van der Waals surface area contributed by atoms with E-state index in [2.05, 4.69) is 20.9 Å². The third-order valence-corrected chi connectivity index (χ3v) is 8.35. The molecule has 0 radical (unpaired) electrons. The number of nitrogens with zero attached hydrogens (tertiary/aromatic N) is 1. The number of carbonyl (C=O) groups is 1. The quantitative estimate of drug-likeness (QED) is 0.108. The number of ether oxygens (including phenoxy) is 2. The van der Waals surface area contributed by atoms with Crippen LogP contribution in [0.4, 0.5) is 16.5 Å². The second-order valence-corrected chi connectivity index (χ2v) is 11.4. The molecular formula is C32H28N4O3S3. The van der Waals surface area contributed by atoms with Crippen LogP contribution in [0, 0.1) is 0 Å². The first-order valence-corrected chi connectivity index (χ1v) is 15.1. The fourth-order valence-corrected chi connectivity index (χ4v) is 6.17. The molecule has 0 saturated heterocycles. The largest absolute Gasteiger partial charge is 0.497 e. The molecule has 0 aliphatic rings. The monoisotopic (exact) mass is 612 g/mol. The first kappa shape index (κ1) is 29.1. The van der Waals surface area contributed by atoms with Gasteiger partial charge in [-0.2, -0.15) is 0 Å². The van der Waals surface area contributed by atoms with Crippen molar-refractivity contribution in [3.05, 3.63) is 114 Å². The number of para-hydroxylation sites is 2. The van der Waals surface area contributed by atoms with Crippen molar-refractivity contribution in [1.29, 1.82) is 0 Å². The molecular weight excluding hydrogens is 585 g/mol. The Hall–Kier alpha value is -4.38. The van der Waals surface area contributed by atoms with Gasteiger partial charge in [-0.1, -0.05) is 60.7 Å². The molecule has 1 amide bonds. The highest BCUT2D eigenvalue weighted by atomic mass is 32.2. The minimum Gasteiger partial charge on any atom is -0.497 e. The molecule has 3 N–H and O–H groups in total. The summed E-state index contributed by atoms with van der Waals surface area (Å²) in [6, 6.07) is 32.7. The minimum absolute atomic E-state index is 0.163. The molecule has 0 fully saturated rings. The normalized spacial score (nSPS) is 11.3. The highest BCUT2D eigenvalue weighted by Crippen LogP contribution is 2.38. The van der Waals surface area contributed by atoms with Crippen LogP contribution in [0.2, 0.25) is 0 Å². The number of rotatable bonds is 10. The fourth-order valence-electron chi connectivity index (χ4n) is 4.13. The van der Waals surface area contributed by atoms with Gasteiger partial charge in [0.05, 0.1) is 25.6 Å². The van der Waals surface area contributed by atoms with E-state index in [9.17, 15) is 4.79 Å². The van der Waals surface area contributed by atoms with E-state index in [1.54, 1.807) is 14.2 Å². The van der Waals surface area contributed by atoms with Gasteiger partial charge < -0.3 is 25.4 Å². The van der Waals surface area contributed by atoms with Crippen LogP contribution in [0.3, 0.4) is 0 Å². The van der Waals surface area contributed by atoms with Gasteiger partial charge in [-0.05, 0) is 60.2 Å². The van der Waals surface area contributed by atoms with Gasteiger partial charge in [-0.25, -0.2) is 4.98 Å². The number of benzene rings is 4. The van der Waals surface area contributed by atoms with E-state index in [1.165, 1.54) is 23.1 Å². The number of amides is 1. The van der Waals surface area contributed by atoms with Crippen molar-refractivity contribution in [3.8, 4) is 22.8 Å². The van der Waals surface area contributed by atoms with Crippen molar-refractivity contribution >= 4 is 62.8 Å². The maximum absolute atomic E-state index is 13.6. The fraction of sp³-hybridized carbons (Fsp3) is 0.0938. The molecule has 42 heavy (non-hydrogen) atoms. The maximum Gasteiger partial charge on any atom is 0.244 e. The summed E-state index contributed by atoms with van der Waals surface area (Å²) in [6.07, 6.45) is 0. The van der Waals surface area contributed by atoms with E-state index in [1.807, 2.05) is 109 Å². The number of thiocarbonyl (C=S) groups is 1. The second-order valence-electron chi connectivity index (χ2n) is 8.97. The molecule has 5 aromatic rings. The lowest BCUT2D eigenvalue weighted by atomic mass is 10.1. The zero-order valence-electron chi connectivity index (χ0n) is 22.9. The summed E-state index contributed by atoms with van der Waals surface area (Å²) in [5, 5.41) is 11.8. The summed E-state index contributed by atoms with van der Waals surface area (Å²) >= 11 is 8.37. The van der Waals surface area contributed by atoms with Crippen LogP contribution < -0.4 is 25.4 Å². The number of aromatic nitrogens is 1. The molecule has 0 spiro atoms. The van der Waals surface area contributed by atoms with Gasteiger partial charge in [0.25, 0.3) is 0 Å². The summed E-state index contributed by atoms with van der Waals surface area (Å²) in [5.41, 5.74) is 4.14. The maximum atomic E-state index is 13.6. The highest BCUT2D eigenvalue weighted by Gasteiger charge is 2.23. The smallest absolute Gasteiger partial charge is 0.244 e. The van der Waals surface area contributed by atoms with Crippen LogP contribution in [0.15, 0.2) is 113 Å². The Morgan fingerprint density at radius 2 is 1.64 bits per heavy atom. The molecule has 0 bridgehead atoms. The molecule has 0 aliphatic carbocycles. The summed E-state index contributed by atoms with van der Waals surface area (Å²) in [6.45, 7) is 0. The average molecular weight is 613 g/mol. The lowest BCUT2D eigenvalue weighted by Crippen LogP contribution is -2.20. The zero-order valence-corrected chi connectivity index (χ0v) is 25.3. The van der Waals surface area contributed by atoms with Gasteiger partial charge >= 0.3 is 0 Å². The molecule has 4 aromatic carbocycles. The van der Waals surface area contributed by atoms with Crippen molar-refractivity contribution in [1.82, 2.24) is 4.98 Å². The number of methoxy groups -OCH3 is 2. The molecule has 7 nitrogen and oxygen atoms in total. The Balaban J connectivity index is 1.30. The summed E-state index contributed by atoms with van der Waals surface area (Å²) in [5.74, 6) is 1.28. The van der Waals surface area contributed by atoms with Crippen LogP contribution in [-0.4, -0.2) is 30.2 Å². The molecule has 1 aromatic heterocycles. The van der Waals surface area contributed by atoms with Crippen molar-refractivity contribution in [2.75, 3.05) is 30.2 Å². The molecule has 0 saturated carbocycles. The standard InChI is InChI=1S/C32H28N4O3S3/c1-38-24-14-8-12-22(18-24)27-20-41-32(35-27)36-30(37)29(21-10-4-3-5-11-21)42-25-15-9-13-23(19-25)33-31(40)34-26-16-6-7-17-28(26)39-2/h3-20,29H,1-2H3,(H2,33,34,40)(H,35,36,37). The van der Waals surface area contributed by atoms with E-state index in [4.69, 9.17) is 21.7 Å². The van der Waals surface area contributed by atoms with E-state index in [0.29, 0.717) is 16.0 Å². The second kappa shape index (κ2) is 14.0.